The van der Waals surface area contributed by atoms with E-state index in [1.165, 1.54) is 11.3 Å². The molecule has 7 heteroatoms. The summed E-state index contributed by atoms with van der Waals surface area (Å²) in [4.78, 5) is 11.8. The molecule has 0 unspecified atom stereocenters. The highest BCUT2D eigenvalue weighted by atomic mass is 32.1. The quantitative estimate of drug-likeness (QED) is 0.776. The van der Waals surface area contributed by atoms with Crippen LogP contribution in [0.5, 0.6) is 5.75 Å². The van der Waals surface area contributed by atoms with Gasteiger partial charge >= 0.3 is 0 Å². The highest BCUT2D eigenvalue weighted by molar-refractivity contribution is 7.15. The molecule has 0 aliphatic heterocycles. The minimum Gasteiger partial charge on any atom is -0.493 e. The summed E-state index contributed by atoms with van der Waals surface area (Å²) in [6, 6.07) is 9.40. The minimum absolute atomic E-state index is 0.132. The van der Waals surface area contributed by atoms with Crippen molar-refractivity contribution in [3.05, 3.63) is 35.3 Å². The van der Waals surface area contributed by atoms with Crippen LogP contribution in [0.25, 0.3) is 0 Å². The van der Waals surface area contributed by atoms with Crippen molar-refractivity contribution in [2.24, 2.45) is 5.73 Å². The van der Waals surface area contributed by atoms with Crippen LogP contribution in [0.15, 0.2) is 30.3 Å². The highest BCUT2D eigenvalue weighted by Crippen LogP contribution is 2.16. The second kappa shape index (κ2) is 8.33. The van der Waals surface area contributed by atoms with Crippen molar-refractivity contribution in [2.75, 3.05) is 18.5 Å². The smallest absolute Gasteiger partial charge is 0.229 e. The number of nitrogens with zero attached hydrogens (tertiary/aromatic N) is 2. The first-order chi connectivity index (χ1) is 10.3. The molecule has 0 spiro atoms. The average Bonchev–Trinajstić information content (AvgIpc) is 2.93. The summed E-state index contributed by atoms with van der Waals surface area (Å²) in [6.07, 6.45) is 1.93. The molecule has 0 atom stereocenters. The first-order valence-corrected chi connectivity index (χ1v) is 7.59. The zero-order valence-corrected chi connectivity index (χ0v) is 12.4. The summed E-state index contributed by atoms with van der Waals surface area (Å²) in [5, 5.41) is 12.1. The van der Waals surface area contributed by atoms with E-state index in [-0.39, 0.29) is 12.3 Å². The number of rotatable bonds is 8. The molecule has 112 valence electrons. The van der Waals surface area contributed by atoms with Gasteiger partial charge in [-0.3, -0.25) is 4.79 Å². The lowest BCUT2D eigenvalue weighted by Crippen LogP contribution is -2.15. The van der Waals surface area contributed by atoms with Gasteiger partial charge in [0.15, 0.2) is 0 Å². The lowest BCUT2D eigenvalue weighted by atomic mass is 10.3. The van der Waals surface area contributed by atoms with E-state index in [1.807, 2.05) is 30.3 Å². The normalized spacial score (nSPS) is 10.3. The Morgan fingerprint density at radius 3 is 2.86 bits per heavy atom. The van der Waals surface area contributed by atoms with E-state index in [2.05, 4.69) is 15.5 Å². The van der Waals surface area contributed by atoms with Crippen LogP contribution in [0.2, 0.25) is 0 Å². The molecule has 2 rings (SSSR count). The van der Waals surface area contributed by atoms with Gasteiger partial charge < -0.3 is 15.8 Å². The fraction of sp³-hybridized carbons (Fsp3) is 0.357. The monoisotopic (exact) mass is 306 g/mol. The number of carbonyl (C=O) groups is 1. The van der Waals surface area contributed by atoms with Crippen molar-refractivity contribution in [3.8, 4) is 5.75 Å². The Hall–Kier alpha value is -1.99. The van der Waals surface area contributed by atoms with Gasteiger partial charge in [-0.15, -0.1) is 10.2 Å². The molecular formula is C14H18N4O2S. The first-order valence-electron chi connectivity index (χ1n) is 6.78. The van der Waals surface area contributed by atoms with Crippen molar-refractivity contribution in [2.45, 2.75) is 19.3 Å². The predicted molar refractivity (Wildman–Crippen MR) is 82.5 cm³/mol. The number of para-hydroxylation sites is 1. The Balaban J connectivity index is 1.70. The van der Waals surface area contributed by atoms with Crippen molar-refractivity contribution in [3.63, 3.8) is 0 Å². The Kier molecular flexibility index (Phi) is 6.11. The zero-order valence-electron chi connectivity index (χ0n) is 11.6. The molecule has 6 nitrogen and oxygen atoms in total. The number of nitrogens with two attached hydrogens (primary N) is 1. The van der Waals surface area contributed by atoms with Gasteiger partial charge in [-0.1, -0.05) is 29.5 Å². The average molecular weight is 306 g/mol. The lowest BCUT2D eigenvalue weighted by molar-refractivity contribution is -0.116. The van der Waals surface area contributed by atoms with E-state index in [4.69, 9.17) is 10.5 Å². The number of aryl methyl sites for hydroxylation is 1. The molecule has 1 amide bonds. The maximum atomic E-state index is 11.8. The van der Waals surface area contributed by atoms with E-state index in [0.29, 0.717) is 18.3 Å². The maximum absolute atomic E-state index is 11.8. The Morgan fingerprint density at radius 1 is 1.29 bits per heavy atom. The Morgan fingerprint density at radius 2 is 2.10 bits per heavy atom. The van der Waals surface area contributed by atoms with Crippen molar-refractivity contribution < 1.29 is 9.53 Å². The molecule has 1 aromatic heterocycles. The van der Waals surface area contributed by atoms with Gasteiger partial charge in [-0.25, -0.2) is 0 Å². The van der Waals surface area contributed by atoms with Gasteiger partial charge in [0.1, 0.15) is 10.8 Å². The number of nitrogens with one attached hydrogen (secondary N) is 1. The van der Waals surface area contributed by atoms with E-state index in [0.717, 1.165) is 23.6 Å². The van der Waals surface area contributed by atoms with Crippen LogP contribution < -0.4 is 15.8 Å². The molecule has 0 bridgehead atoms. The number of anilines is 1. The number of amides is 1. The van der Waals surface area contributed by atoms with Crippen LogP contribution in [-0.2, 0) is 11.2 Å². The van der Waals surface area contributed by atoms with Gasteiger partial charge in [0.05, 0.1) is 13.0 Å². The number of carbonyl (C=O) groups excluding carboxylic acids is 1. The molecule has 0 fully saturated rings. The fourth-order valence-electron chi connectivity index (χ4n) is 1.62. The largest absolute Gasteiger partial charge is 0.493 e. The van der Waals surface area contributed by atoms with Crippen molar-refractivity contribution in [1.29, 1.82) is 0 Å². The third-order valence-corrected chi connectivity index (χ3v) is 3.55. The van der Waals surface area contributed by atoms with Crippen LogP contribution >= 0.6 is 11.3 Å². The highest BCUT2D eigenvalue weighted by Gasteiger charge is 2.08. The topological polar surface area (TPSA) is 90.1 Å². The van der Waals surface area contributed by atoms with Crippen molar-refractivity contribution >= 4 is 22.4 Å². The summed E-state index contributed by atoms with van der Waals surface area (Å²) in [7, 11) is 0. The molecular weight excluding hydrogens is 288 g/mol. The third-order valence-electron chi connectivity index (χ3n) is 2.65. The summed E-state index contributed by atoms with van der Waals surface area (Å²) >= 11 is 1.38. The van der Waals surface area contributed by atoms with E-state index in [1.54, 1.807) is 0 Å². The van der Waals surface area contributed by atoms with E-state index < -0.39 is 0 Å². The summed E-state index contributed by atoms with van der Waals surface area (Å²) < 4.78 is 5.47. The molecule has 1 aromatic carbocycles. The Bertz CT molecular complexity index is 559. The first kappa shape index (κ1) is 15.4. The van der Waals surface area contributed by atoms with Crippen LogP contribution in [-0.4, -0.2) is 29.3 Å². The molecule has 0 aliphatic carbocycles. The molecule has 1 heterocycles. The summed E-state index contributed by atoms with van der Waals surface area (Å²) in [5.74, 6) is 0.623. The number of aromatic nitrogens is 2. The van der Waals surface area contributed by atoms with Gasteiger partial charge in [-0.05, 0) is 25.1 Å². The van der Waals surface area contributed by atoms with Crippen LogP contribution in [0.1, 0.15) is 17.8 Å². The van der Waals surface area contributed by atoms with Crippen LogP contribution in [0, 0.1) is 0 Å². The molecule has 0 radical (unpaired) electrons. The second-order valence-corrected chi connectivity index (χ2v) is 5.41. The number of ether oxygens (including phenoxy) is 1. The summed E-state index contributed by atoms with van der Waals surface area (Å²) in [6.45, 7) is 0.951. The van der Waals surface area contributed by atoms with Crippen LogP contribution in [0.4, 0.5) is 5.13 Å². The number of benzene rings is 1. The Labute approximate surface area is 127 Å². The van der Waals surface area contributed by atoms with Gasteiger partial charge in [0.2, 0.25) is 11.0 Å². The zero-order chi connectivity index (χ0) is 14.9. The molecule has 0 aliphatic rings. The van der Waals surface area contributed by atoms with Crippen molar-refractivity contribution in [1.82, 2.24) is 10.2 Å². The molecule has 0 saturated heterocycles. The predicted octanol–water partition coefficient (Wildman–Crippen LogP) is 1.84. The maximum Gasteiger partial charge on any atom is 0.229 e. The third kappa shape index (κ3) is 5.49. The van der Waals surface area contributed by atoms with Gasteiger partial charge in [0, 0.05) is 6.42 Å². The minimum atomic E-state index is -0.132. The molecule has 0 saturated carbocycles. The van der Waals surface area contributed by atoms with Gasteiger partial charge in [-0.2, -0.15) is 0 Å². The molecule has 2 aromatic rings. The summed E-state index contributed by atoms with van der Waals surface area (Å²) in [5.41, 5.74) is 5.44. The lowest BCUT2D eigenvalue weighted by Gasteiger charge is -2.05. The van der Waals surface area contributed by atoms with E-state index in [9.17, 15) is 4.79 Å². The fourth-order valence-corrected chi connectivity index (χ4v) is 2.42. The van der Waals surface area contributed by atoms with Gasteiger partial charge in [0.25, 0.3) is 0 Å². The molecule has 3 N–H and O–H groups in total. The van der Waals surface area contributed by atoms with Crippen LogP contribution in [0.3, 0.4) is 0 Å². The number of hydrogen-bond donors (Lipinski definition) is 2. The molecule has 21 heavy (non-hydrogen) atoms. The second-order valence-electron chi connectivity index (χ2n) is 4.35. The SMILES string of the molecule is NCCCc1nnc(NC(=O)CCOc2ccccc2)s1. The van der Waals surface area contributed by atoms with E-state index >= 15 is 0 Å². The standard InChI is InChI=1S/C14H18N4O2S/c15-9-4-7-13-17-18-14(21-13)16-12(19)8-10-20-11-5-2-1-3-6-11/h1-3,5-6H,4,7-10,15H2,(H,16,18,19). The number of hydrogen-bond acceptors (Lipinski definition) is 6.